The number of halogens is 1. The molecule has 1 N–H and O–H groups in total. The van der Waals surface area contributed by atoms with Crippen LogP contribution in [0, 0.1) is 5.82 Å². The molecule has 1 heterocycles. The van der Waals surface area contributed by atoms with Crippen molar-refractivity contribution in [1.29, 1.82) is 0 Å². The lowest BCUT2D eigenvalue weighted by atomic mass is 9.70. The Morgan fingerprint density at radius 3 is 2.33 bits per heavy atom. The van der Waals surface area contributed by atoms with Gasteiger partial charge in [0.1, 0.15) is 19.0 Å². The van der Waals surface area contributed by atoms with Gasteiger partial charge in [-0.25, -0.2) is 4.39 Å². The van der Waals surface area contributed by atoms with E-state index < -0.39 is 11.9 Å². The summed E-state index contributed by atoms with van der Waals surface area (Å²) in [5.74, 6) is -1.22. The van der Waals surface area contributed by atoms with E-state index >= 15 is 0 Å². The monoisotopic (exact) mass is 545 g/mol. The van der Waals surface area contributed by atoms with Crippen LogP contribution >= 0.6 is 0 Å². The van der Waals surface area contributed by atoms with Crippen LogP contribution in [0.2, 0.25) is 0 Å². The summed E-state index contributed by atoms with van der Waals surface area (Å²) in [5.41, 5.74) is 4.53. The van der Waals surface area contributed by atoms with E-state index in [-0.39, 0.29) is 30.5 Å². The Hall–Kier alpha value is -4.20. The number of carbonyl (C=O) groups is 3. The zero-order valence-corrected chi connectivity index (χ0v) is 22.5. The molecule has 40 heavy (non-hydrogen) atoms. The van der Waals surface area contributed by atoms with E-state index in [9.17, 15) is 23.9 Å². The molecule has 8 heteroatoms. The predicted molar refractivity (Wildman–Crippen MR) is 146 cm³/mol. The number of ketones is 2. The molecule has 0 saturated carbocycles. The minimum absolute atomic E-state index is 0.0674. The molecule has 0 unspecified atom stereocenters. The second-order valence-electron chi connectivity index (χ2n) is 10.3. The van der Waals surface area contributed by atoms with E-state index in [1.54, 1.807) is 29.2 Å². The topological polar surface area (TPSA) is 93.1 Å². The summed E-state index contributed by atoms with van der Waals surface area (Å²) < 4.78 is 25.6. The molecule has 0 bridgehead atoms. The number of methoxy groups -OCH3 is 1. The standard InChI is InChI=1S/C32H32FNO6/c1-3-7-20-15-21(16-27(39-2)32(20)40-18-19-8-4-9-22(33)14-19)29-30-23(10-5-12-25(30)35)34(17-28(37)38)24-11-6-13-26(36)31(24)29/h3-4,8-9,14-16,29H,1,5-7,10-13,17-18H2,2H3,(H,37,38). The highest BCUT2D eigenvalue weighted by atomic mass is 19.1. The van der Waals surface area contributed by atoms with Gasteiger partial charge in [-0.3, -0.25) is 14.4 Å². The lowest BCUT2D eigenvalue weighted by molar-refractivity contribution is -0.138. The average molecular weight is 546 g/mol. The molecule has 0 spiro atoms. The zero-order valence-electron chi connectivity index (χ0n) is 22.5. The first-order chi connectivity index (χ1) is 19.3. The Bertz CT molecular complexity index is 1410. The Kier molecular flexibility index (Phi) is 7.87. The van der Waals surface area contributed by atoms with Crippen molar-refractivity contribution in [3.63, 3.8) is 0 Å². The van der Waals surface area contributed by atoms with E-state index in [1.807, 2.05) is 6.07 Å². The second kappa shape index (κ2) is 11.5. The lowest BCUT2D eigenvalue weighted by Gasteiger charge is -2.43. The van der Waals surface area contributed by atoms with Crippen molar-refractivity contribution in [2.24, 2.45) is 0 Å². The maximum Gasteiger partial charge on any atom is 0.323 e. The number of nitrogens with zero attached hydrogens (tertiary/aromatic N) is 1. The number of carbonyl (C=O) groups excluding carboxylic acids is 2. The van der Waals surface area contributed by atoms with Gasteiger partial charge in [-0.15, -0.1) is 6.58 Å². The Morgan fingerprint density at radius 2 is 1.75 bits per heavy atom. The van der Waals surface area contributed by atoms with Gasteiger partial charge in [0.25, 0.3) is 0 Å². The number of aliphatic carboxylic acids is 1. The Balaban J connectivity index is 1.65. The maximum atomic E-state index is 13.7. The smallest absolute Gasteiger partial charge is 0.323 e. The van der Waals surface area contributed by atoms with Crippen molar-refractivity contribution in [1.82, 2.24) is 4.90 Å². The molecular weight excluding hydrogens is 513 g/mol. The molecule has 208 valence electrons. The van der Waals surface area contributed by atoms with Gasteiger partial charge in [-0.1, -0.05) is 24.3 Å². The Morgan fingerprint density at radius 1 is 1.07 bits per heavy atom. The van der Waals surface area contributed by atoms with Crippen LogP contribution in [0.5, 0.6) is 11.5 Å². The van der Waals surface area contributed by atoms with Crippen LogP contribution in [0.25, 0.3) is 0 Å². The summed E-state index contributed by atoms with van der Waals surface area (Å²) in [6, 6.07) is 9.88. The molecule has 2 aromatic carbocycles. The number of rotatable bonds is 9. The number of benzene rings is 2. The normalized spacial score (nSPS) is 17.5. The largest absolute Gasteiger partial charge is 0.493 e. The van der Waals surface area contributed by atoms with Crippen molar-refractivity contribution in [3.8, 4) is 11.5 Å². The molecule has 2 aromatic rings. The van der Waals surface area contributed by atoms with Crippen LogP contribution in [0.15, 0.2) is 71.6 Å². The molecule has 7 nitrogen and oxygen atoms in total. The molecule has 3 aliphatic rings. The van der Waals surface area contributed by atoms with Gasteiger partial charge in [0.2, 0.25) is 0 Å². The van der Waals surface area contributed by atoms with Crippen LogP contribution < -0.4 is 9.47 Å². The Labute approximate surface area is 232 Å². The number of carboxylic acid groups (broad SMARTS) is 1. The lowest BCUT2D eigenvalue weighted by Crippen LogP contribution is -2.41. The van der Waals surface area contributed by atoms with Crippen molar-refractivity contribution in [3.05, 3.63) is 94.1 Å². The molecule has 0 fully saturated rings. The molecule has 1 aliphatic heterocycles. The molecule has 0 saturated heterocycles. The van der Waals surface area contributed by atoms with E-state index in [0.29, 0.717) is 90.1 Å². The molecular formula is C32H32FNO6. The summed E-state index contributed by atoms with van der Waals surface area (Å²) in [7, 11) is 1.52. The van der Waals surface area contributed by atoms with Crippen molar-refractivity contribution >= 4 is 17.5 Å². The number of allylic oxidation sites excluding steroid dienone is 5. The van der Waals surface area contributed by atoms with Crippen LogP contribution in [-0.2, 0) is 27.4 Å². The van der Waals surface area contributed by atoms with Crippen LogP contribution in [0.1, 0.15) is 61.1 Å². The summed E-state index contributed by atoms with van der Waals surface area (Å²) in [4.78, 5) is 40.5. The second-order valence-corrected chi connectivity index (χ2v) is 10.3. The number of ether oxygens (including phenoxy) is 2. The van der Waals surface area contributed by atoms with Crippen molar-refractivity contribution in [2.45, 2.75) is 57.5 Å². The molecule has 0 aromatic heterocycles. The predicted octanol–water partition coefficient (Wildman–Crippen LogP) is 5.64. The number of hydrogen-bond donors (Lipinski definition) is 1. The highest BCUT2D eigenvalue weighted by Crippen LogP contribution is 2.50. The van der Waals surface area contributed by atoms with Gasteiger partial charge in [0, 0.05) is 46.9 Å². The first kappa shape index (κ1) is 27.4. The van der Waals surface area contributed by atoms with Crippen molar-refractivity contribution < 1.29 is 33.4 Å². The minimum Gasteiger partial charge on any atom is -0.493 e. The van der Waals surface area contributed by atoms with Crippen molar-refractivity contribution in [2.75, 3.05) is 13.7 Å². The van der Waals surface area contributed by atoms with E-state index in [1.165, 1.54) is 19.2 Å². The fourth-order valence-corrected chi connectivity index (χ4v) is 6.13. The fraction of sp³-hybridized carbons (Fsp3) is 0.344. The van der Waals surface area contributed by atoms with Gasteiger partial charge >= 0.3 is 5.97 Å². The van der Waals surface area contributed by atoms with Gasteiger partial charge in [0.05, 0.1) is 7.11 Å². The first-order valence-electron chi connectivity index (χ1n) is 13.5. The molecule has 0 amide bonds. The number of Topliss-reactive ketones (excluding diaryl/α,β-unsaturated/α-hetero) is 2. The number of carboxylic acids is 1. The summed E-state index contributed by atoms with van der Waals surface area (Å²) in [6.07, 6.45) is 5.26. The SMILES string of the molecule is C=CCc1cc(C2C3=C(CCCC3=O)N(CC(=O)O)C3=C2C(=O)CCC3)cc(OC)c1OCc1cccc(F)c1. The summed E-state index contributed by atoms with van der Waals surface area (Å²) in [5, 5.41) is 9.69. The van der Waals surface area contributed by atoms with Crippen LogP contribution in [-0.4, -0.2) is 41.2 Å². The zero-order chi connectivity index (χ0) is 28.4. The van der Waals surface area contributed by atoms with Gasteiger partial charge < -0.3 is 19.5 Å². The third-order valence-electron chi connectivity index (χ3n) is 7.72. The molecule has 2 aliphatic carbocycles. The highest BCUT2D eigenvalue weighted by molar-refractivity contribution is 6.06. The van der Waals surface area contributed by atoms with Gasteiger partial charge in [-0.05, 0) is 61.4 Å². The van der Waals surface area contributed by atoms with Crippen LogP contribution in [0.3, 0.4) is 0 Å². The maximum absolute atomic E-state index is 13.7. The molecule has 0 radical (unpaired) electrons. The summed E-state index contributed by atoms with van der Waals surface area (Å²) in [6.45, 7) is 3.71. The minimum atomic E-state index is -1.01. The third-order valence-corrected chi connectivity index (χ3v) is 7.72. The summed E-state index contributed by atoms with van der Waals surface area (Å²) >= 11 is 0. The third kappa shape index (κ3) is 5.18. The molecule has 5 rings (SSSR count). The first-order valence-corrected chi connectivity index (χ1v) is 13.5. The van der Waals surface area contributed by atoms with Crippen LogP contribution in [0.4, 0.5) is 4.39 Å². The quantitative estimate of drug-likeness (QED) is 0.408. The number of hydrogen-bond acceptors (Lipinski definition) is 6. The van der Waals surface area contributed by atoms with E-state index in [4.69, 9.17) is 9.47 Å². The van der Waals surface area contributed by atoms with E-state index in [2.05, 4.69) is 6.58 Å². The average Bonchev–Trinajstić information content (AvgIpc) is 2.92. The van der Waals surface area contributed by atoms with Gasteiger partial charge in [0.15, 0.2) is 23.1 Å². The highest BCUT2D eigenvalue weighted by Gasteiger charge is 2.44. The van der Waals surface area contributed by atoms with E-state index in [0.717, 1.165) is 5.56 Å². The fourth-order valence-electron chi connectivity index (χ4n) is 6.13. The molecule has 0 atom stereocenters. The van der Waals surface area contributed by atoms with Gasteiger partial charge in [-0.2, -0.15) is 0 Å².